The van der Waals surface area contributed by atoms with E-state index in [0.29, 0.717) is 12.2 Å². The number of carbonyl (C=O) groups is 1. The van der Waals surface area contributed by atoms with Crippen LogP contribution in [0.3, 0.4) is 0 Å². The third-order valence-corrected chi connectivity index (χ3v) is 5.31. The average molecular weight is 337 g/mol. The molecule has 2 aliphatic heterocycles. The molecule has 0 amide bonds. The van der Waals surface area contributed by atoms with Gasteiger partial charge in [0.05, 0.1) is 12.0 Å². The van der Waals surface area contributed by atoms with E-state index in [1.54, 1.807) is 6.20 Å². The molecule has 0 radical (unpaired) electrons. The number of carbonyl (C=O) groups excluding carboxylic acids is 1. The highest BCUT2D eigenvalue weighted by Crippen LogP contribution is 2.39. The van der Waals surface area contributed by atoms with E-state index in [4.69, 9.17) is 10.5 Å². The van der Waals surface area contributed by atoms with Crippen LogP contribution in [0, 0.1) is 0 Å². The Kier molecular flexibility index (Phi) is 4.17. The van der Waals surface area contributed by atoms with Crippen LogP contribution in [0.25, 0.3) is 0 Å². The van der Waals surface area contributed by atoms with E-state index in [1.165, 1.54) is 0 Å². The molecule has 5 nitrogen and oxygen atoms in total. The van der Waals surface area contributed by atoms with Crippen molar-refractivity contribution in [2.75, 3.05) is 18.8 Å². The summed E-state index contributed by atoms with van der Waals surface area (Å²) in [6.07, 6.45) is 4.97. The molecule has 0 bridgehead atoms. The number of hydrogen-bond donors (Lipinski definition) is 1. The number of ether oxygens (including phenoxy) is 1. The normalized spacial score (nSPS) is 23.8. The van der Waals surface area contributed by atoms with Gasteiger partial charge in [-0.1, -0.05) is 18.2 Å². The molecule has 4 rings (SSSR count). The van der Waals surface area contributed by atoms with Crippen LogP contribution in [0.5, 0.6) is 5.75 Å². The summed E-state index contributed by atoms with van der Waals surface area (Å²) in [5.41, 5.74) is 7.40. The van der Waals surface area contributed by atoms with Gasteiger partial charge in [-0.3, -0.25) is 9.69 Å². The molecule has 1 fully saturated rings. The first kappa shape index (κ1) is 16.1. The summed E-state index contributed by atoms with van der Waals surface area (Å²) < 4.78 is 6.35. The van der Waals surface area contributed by atoms with Crippen molar-refractivity contribution >= 4 is 11.6 Å². The third-order valence-electron chi connectivity index (χ3n) is 5.31. The molecule has 0 aliphatic carbocycles. The van der Waals surface area contributed by atoms with Crippen LogP contribution < -0.4 is 10.5 Å². The topological polar surface area (TPSA) is 68.5 Å². The first-order valence-electron chi connectivity index (χ1n) is 8.88. The van der Waals surface area contributed by atoms with Crippen molar-refractivity contribution in [3.8, 4) is 5.75 Å². The monoisotopic (exact) mass is 337 g/mol. The Balaban J connectivity index is 1.48. The number of fused-ring (bicyclic) bond motifs is 1. The van der Waals surface area contributed by atoms with Gasteiger partial charge < -0.3 is 10.5 Å². The maximum Gasteiger partial charge on any atom is 0.170 e. The minimum Gasteiger partial charge on any atom is -0.486 e. The lowest BCUT2D eigenvalue weighted by Crippen LogP contribution is -2.42. The molecule has 0 saturated carbocycles. The smallest absolute Gasteiger partial charge is 0.170 e. The van der Waals surface area contributed by atoms with Crippen molar-refractivity contribution in [1.82, 2.24) is 9.88 Å². The van der Waals surface area contributed by atoms with Gasteiger partial charge in [0.25, 0.3) is 0 Å². The van der Waals surface area contributed by atoms with E-state index < -0.39 is 0 Å². The first-order chi connectivity index (χ1) is 12.2. The van der Waals surface area contributed by atoms with E-state index in [1.807, 2.05) is 36.4 Å². The fourth-order valence-corrected chi connectivity index (χ4v) is 3.93. The Hall–Kier alpha value is -2.40. The Morgan fingerprint density at radius 1 is 1.16 bits per heavy atom. The van der Waals surface area contributed by atoms with Crippen LogP contribution in [0.4, 0.5) is 5.82 Å². The fraction of sp³-hybridized carbons (Fsp3) is 0.400. The maximum atomic E-state index is 12.6. The van der Waals surface area contributed by atoms with E-state index >= 15 is 0 Å². The molecule has 2 aromatic rings. The number of anilines is 1. The van der Waals surface area contributed by atoms with E-state index in [-0.39, 0.29) is 11.4 Å². The molecule has 1 unspecified atom stereocenters. The summed E-state index contributed by atoms with van der Waals surface area (Å²) in [6, 6.07) is 11.5. The molecule has 2 N–H and O–H groups in total. The van der Waals surface area contributed by atoms with Crippen LogP contribution in [0.15, 0.2) is 42.6 Å². The highest BCUT2D eigenvalue weighted by Gasteiger charge is 2.41. The van der Waals surface area contributed by atoms with Gasteiger partial charge in [0.15, 0.2) is 5.78 Å². The summed E-state index contributed by atoms with van der Waals surface area (Å²) in [5, 5.41) is 0. The zero-order valence-corrected chi connectivity index (χ0v) is 14.3. The third kappa shape index (κ3) is 3.24. The lowest BCUT2D eigenvalue weighted by atomic mass is 9.84. The molecule has 1 saturated heterocycles. The van der Waals surface area contributed by atoms with Crippen LogP contribution in [-0.4, -0.2) is 34.4 Å². The lowest BCUT2D eigenvalue weighted by molar-refractivity contribution is 0.0299. The van der Waals surface area contributed by atoms with Gasteiger partial charge in [0.2, 0.25) is 0 Å². The van der Waals surface area contributed by atoms with E-state index in [9.17, 15) is 4.79 Å². The van der Waals surface area contributed by atoms with Crippen molar-refractivity contribution < 1.29 is 9.53 Å². The number of likely N-dealkylation sites (tertiary alicyclic amines) is 1. The first-order valence-corrected chi connectivity index (χ1v) is 8.88. The molecule has 1 aromatic carbocycles. The molecule has 3 heterocycles. The maximum absolute atomic E-state index is 12.6. The molecule has 1 spiro atoms. The van der Waals surface area contributed by atoms with Gasteiger partial charge >= 0.3 is 0 Å². The summed E-state index contributed by atoms with van der Waals surface area (Å²) in [7, 11) is 0. The van der Waals surface area contributed by atoms with Crippen LogP contribution >= 0.6 is 0 Å². The van der Waals surface area contributed by atoms with Gasteiger partial charge in [-0.05, 0) is 37.6 Å². The second kappa shape index (κ2) is 6.48. The van der Waals surface area contributed by atoms with Crippen LogP contribution in [0.1, 0.15) is 41.6 Å². The number of para-hydroxylation sites is 1. The highest BCUT2D eigenvalue weighted by molar-refractivity contribution is 6.00. The number of benzene rings is 1. The summed E-state index contributed by atoms with van der Waals surface area (Å²) >= 11 is 0. The quantitative estimate of drug-likeness (QED) is 0.912. The fourth-order valence-electron chi connectivity index (χ4n) is 3.93. The number of nitrogens with two attached hydrogens (primary N) is 1. The van der Waals surface area contributed by atoms with Gasteiger partial charge in [-0.15, -0.1) is 0 Å². The van der Waals surface area contributed by atoms with Crippen molar-refractivity contribution in [1.29, 1.82) is 0 Å². The minimum absolute atomic E-state index is 0.201. The van der Waals surface area contributed by atoms with Gasteiger partial charge in [-0.2, -0.15) is 0 Å². The summed E-state index contributed by atoms with van der Waals surface area (Å²) in [6.45, 7) is 2.67. The number of nitrogens with zero attached hydrogens (tertiary/aromatic N) is 2. The molecular weight excluding hydrogens is 314 g/mol. The van der Waals surface area contributed by atoms with Crippen molar-refractivity contribution in [3.05, 3.63) is 53.7 Å². The summed E-state index contributed by atoms with van der Waals surface area (Å²) in [4.78, 5) is 19.1. The molecule has 25 heavy (non-hydrogen) atoms. The zero-order valence-electron chi connectivity index (χ0n) is 14.3. The molecular formula is C20H23N3O2. The lowest BCUT2D eigenvalue weighted by Gasteiger charge is -2.37. The molecule has 2 aliphatic rings. The van der Waals surface area contributed by atoms with Crippen LogP contribution in [0.2, 0.25) is 0 Å². The second-order valence-electron chi connectivity index (χ2n) is 7.06. The number of rotatable bonds is 2. The van der Waals surface area contributed by atoms with Crippen LogP contribution in [-0.2, 0) is 6.54 Å². The van der Waals surface area contributed by atoms with Gasteiger partial charge in [-0.25, -0.2) is 4.98 Å². The largest absolute Gasteiger partial charge is 0.486 e. The Morgan fingerprint density at radius 3 is 2.92 bits per heavy atom. The SMILES string of the molecule is Nc1ncccc1CN1CCCC2(CC1)CC(=O)c1ccccc1O2. The molecule has 130 valence electrons. The number of aromatic nitrogens is 1. The minimum atomic E-state index is -0.360. The Bertz CT molecular complexity index is 792. The van der Waals surface area contributed by atoms with Gasteiger partial charge in [0.1, 0.15) is 17.2 Å². The van der Waals surface area contributed by atoms with Gasteiger partial charge in [0, 0.05) is 31.3 Å². The predicted octanol–water partition coefficient (Wildman–Crippen LogP) is 3.05. The second-order valence-corrected chi connectivity index (χ2v) is 7.06. The number of hydrogen-bond acceptors (Lipinski definition) is 5. The summed E-state index contributed by atoms with van der Waals surface area (Å²) in [5.74, 6) is 1.54. The zero-order chi connectivity index (χ0) is 17.3. The number of Topliss-reactive ketones (excluding diaryl/α,β-unsaturated/α-hetero) is 1. The number of pyridine rings is 1. The highest BCUT2D eigenvalue weighted by atomic mass is 16.5. The average Bonchev–Trinajstić information content (AvgIpc) is 2.79. The predicted molar refractivity (Wildman–Crippen MR) is 96.5 cm³/mol. The Labute approximate surface area is 147 Å². The Morgan fingerprint density at radius 2 is 2.04 bits per heavy atom. The standard InChI is InChI=1S/C20H23N3O2/c21-19-15(5-3-10-22-19)14-23-11-4-8-20(9-12-23)13-17(24)16-6-1-2-7-18(16)25-20/h1-3,5-7,10H,4,8-9,11-14H2,(H2,21,22). The number of ketones is 1. The van der Waals surface area contributed by atoms with Crippen molar-refractivity contribution in [2.45, 2.75) is 37.8 Å². The number of nitrogen functional groups attached to an aromatic ring is 1. The molecule has 1 atom stereocenters. The van der Waals surface area contributed by atoms with Crippen molar-refractivity contribution in [2.24, 2.45) is 0 Å². The van der Waals surface area contributed by atoms with Crippen molar-refractivity contribution in [3.63, 3.8) is 0 Å². The van der Waals surface area contributed by atoms with E-state index in [0.717, 1.165) is 55.8 Å². The molecule has 5 heteroatoms. The molecule has 1 aromatic heterocycles. The van der Waals surface area contributed by atoms with E-state index in [2.05, 4.69) is 9.88 Å².